The summed E-state index contributed by atoms with van der Waals surface area (Å²) in [5.74, 6) is 9.41. The zero-order valence-electron chi connectivity index (χ0n) is 23.2. The Kier molecular flexibility index (Phi) is 13.5. The van der Waals surface area contributed by atoms with Gasteiger partial charge in [0.2, 0.25) is 5.91 Å². The van der Waals surface area contributed by atoms with Gasteiger partial charge in [0.1, 0.15) is 23.8 Å². The zero-order valence-corrected chi connectivity index (χ0v) is 23.2. The number of ether oxygens (including phenoxy) is 2. The fourth-order valence-electron chi connectivity index (χ4n) is 3.95. The molecule has 2 fully saturated rings. The topological polar surface area (TPSA) is 111 Å². The molecule has 2 amide bonds. The number of terminal acetylenes is 1. The molecule has 2 atom stereocenters. The summed E-state index contributed by atoms with van der Waals surface area (Å²) in [5.41, 5.74) is 5.32. The second kappa shape index (κ2) is 15.7. The van der Waals surface area contributed by atoms with Crippen LogP contribution in [0.5, 0.6) is 0 Å². The number of hydrogen-bond acceptors (Lipinski definition) is 7. The molecule has 0 unspecified atom stereocenters. The van der Waals surface area contributed by atoms with E-state index in [-0.39, 0.29) is 6.54 Å². The van der Waals surface area contributed by atoms with E-state index in [0.29, 0.717) is 5.92 Å². The second-order valence-corrected chi connectivity index (χ2v) is 10.3. The first-order valence-electron chi connectivity index (χ1n) is 12.7. The second-order valence-electron chi connectivity index (χ2n) is 10.3. The van der Waals surface area contributed by atoms with E-state index in [1.165, 1.54) is 32.7 Å². The summed E-state index contributed by atoms with van der Waals surface area (Å²) in [5, 5.41) is 0. The van der Waals surface area contributed by atoms with Gasteiger partial charge in [-0.15, -0.1) is 12.8 Å². The van der Waals surface area contributed by atoms with Crippen molar-refractivity contribution in [3.05, 3.63) is 17.6 Å². The van der Waals surface area contributed by atoms with Crippen LogP contribution in [-0.4, -0.2) is 72.4 Å². The molecule has 2 heterocycles. The molecule has 1 aliphatic carbocycles. The highest BCUT2D eigenvalue weighted by molar-refractivity contribution is 5.80. The van der Waals surface area contributed by atoms with E-state index < -0.39 is 17.6 Å². The highest BCUT2D eigenvalue weighted by Crippen LogP contribution is 2.28. The van der Waals surface area contributed by atoms with Crippen LogP contribution in [0.25, 0.3) is 0 Å². The van der Waals surface area contributed by atoms with E-state index in [0.717, 1.165) is 54.3 Å². The highest BCUT2D eigenvalue weighted by Gasteiger charge is 2.20. The third-order valence-corrected chi connectivity index (χ3v) is 5.65. The lowest BCUT2D eigenvalue weighted by molar-refractivity contribution is -0.118. The van der Waals surface area contributed by atoms with Crippen molar-refractivity contribution < 1.29 is 19.1 Å². The Morgan fingerprint density at radius 3 is 2.49 bits per heavy atom. The van der Waals surface area contributed by atoms with E-state index >= 15 is 0 Å². The number of nitrogens with zero attached hydrogens (tertiary/aromatic N) is 4. The largest absolute Gasteiger partial charge is 0.444 e. The monoisotopic (exact) mass is 513 g/mol. The lowest BCUT2D eigenvalue weighted by atomic mass is 9.83. The molecule has 3 rings (SSSR count). The number of hydrogen-bond donors (Lipinski definition) is 1. The molecular weight excluding hydrogens is 470 g/mol. The van der Waals surface area contributed by atoms with Crippen molar-refractivity contribution in [3.63, 3.8) is 0 Å². The first kappa shape index (κ1) is 31.7. The third-order valence-electron chi connectivity index (χ3n) is 5.65. The SMILES string of the molecule is C#C.CN(CC(N)=O)C(=O)OC(C)(C)C.Cc1ncc(C#C[C@@H]2CCC[C@H](C)C2)c(N2CCOCC2)n1. The van der Waals surface area contributed by atoms with Crippen LogP contribution >= 0.6 is 0 Å². The quantitative estimate of drug-likeness (QED) is 0.617. The van der Waals surface area contributed by atoms with Crippen molar-refractivity contribution >= 4 is 17.8 Å². The summed E-state index contributed by atoms with van der Waals surface area (Å²) in [4.78, 5) is 34.0. The molecule has 37 heavy (non-hydrogen) atoms. The van der Waals surface area contributed by atoms with E-state index in [1.807, 2.05) is 13.1 Å². The smallest absolute Gasteiger partial charge is 0.410 e. The number of carbonyl (C=O) groups excluding carboxylic acids is 2. The van der Waals surface area contributed by atoms with Gasteiger partial charge in [-0.2, -0.15) is 0 Å². The van der Waals surface area contributed by atoms with Gasteiger partial charge in [-0.3, -0.25) is 4.79 Å². The number of nitrogens with two attached hydrogens (primary N) is 1. The minimum absolute atomic E-state index is 0.130. The Hall–Kier alpha value is -3.30. The average molecular weight is 514 g/mol. The summed E-state index contributed by atoms with van der Waals surface area (Å²) in [6.07, 6.45) is 14.5. The molecule has 0 spiro atoms. The summed E-state index contributed by atoms with van der Waals surface area (Å²) >= 11 is 0. The van der Waals surface area contributed by atoms with Gasteiger partial charge in [-0.25, -0.2) is 14.8 Å². The number of primary amides is 1. The lowest BCUT2D eigenvalue weighted by Gasteiger charge is -2.28. The Bertz CT molecular complexity index is 955. The van der Waals surface area contributed by atoms with Crippen LogP contribution in [0.15, 0.2) is 6.20 Å². The van der Waals surface area contributed by atoms with Gasteiger partial charge in [-0.1, -0.05) is 31.6 Å². The highest BCUT2D eigenvalue weighted by atomic mass is 16.6. The van der Waals surface area contributed by atoms with Crippen molar-refractivity contribution in [1.29, 1.82) is 0 Å². The average Bonchev–Trinajstić information content (AvgIpc) is 2.84. The number of carbonyl (C=O) groups is 2. The van der Waals surface area contributed by atoms with Gasteiger partial charge in [0.05, 0.1) is 18.8 Å². The molecule has 1 aromatic rings. The minimum atomic E-state index is -0.562. The van der Waals surface area contributed by atoms with Gasteiger partial charge < -0.3 is 25.0 Å². The lowest BCUT2D eigenvalue weighted by Crippen LogP contribution is -2.39. The molecule has 2 aliphatic rings. The molecule has 204 valence electrons. The summed E-state index contributed by atoms with van der Waals surface area (Å²) in [7, 11) is 1.46. The number of amides is 2. The Morgan fingerprint density at radius 1 is 1.27 bits per heavy atom. The van der Waals surface area contributed by atoms with Crippen molar-refractivity contribution in [2.45, 2.75) is 65.9 Å². The van der Waals surface area contributed by atoms with Gasteiger partial charge in [-0.05, 0) is 46.5 Å². The molecule has 1 aliphatic heterocycles. The van der Waals surface area contributed by atoms with Crippen LogP contribution < -0.4 is 10.6 Å². The molecule has 1 aromatic heterocycles. The number of likely N-dealkylation sites (N-methyl/N-ethyl adjacent to an activating group) is 1. The van der Waals surface area contributed by atoms with Crippen LogP contribution in [0.4, 0.5) is 10.6 Å². The molecule has 0 radical (unpaired) electrons. The number of aromatic nitrogens is 2. The fraction of sp³-hybridized carbons (Fsp3) is 0.643. The van der Waals surface area contributed by atoms with Crippen molar-refractivity contribution in [2.75, 3.05) is 44.8 Å². The number of anilines is 1. The molecule has 2 N–H and O–H groups in total. The van der Waals surface area contributed by atoms with Crippen LogP contribution in [0.2, 0.25) is 0 Å². The summed E-state index contributed by atoms with van der Waals surface area (Å²) in [6.45, 7) is 12.7. The Balaban J connectivity index is 0.000000394. The molecular formula is C28H43N5O4. The maximum Gasteiger partial charge on any atom is 0.410 e. The molecule has 0 bridgehead atoms. The molecule has 0 aromatic carbocycles. The van der Waals surface area contributed by atoms with E-state index in [1.54, 1.807) is 20.8 Å². The number of morpholine rings is 1. The zero-order chi connectivity index (χ0) is 28.0. The standard InChI is InChI=1S/C18H25N3O.C8H16N2O3.C2H2/c1-14-4-3-5-16(12-14)6-7-17-13-19-15(2)20-18(17)21-8-10-22-11-9-21;1-8(2,3)13-7(12)10(4)5-6(9)11;1-2/h13-14,16H,3-5,8-12H2,1-2H3;5H2,1-4H3,(H2,9,11);1-2H/t14-,16-;;/m0../s1. The van der Waals surface area contributed by atoms with Gasteiger partial charge in [0.25, 0.3) is 0 Å². The molecule has 1 saturated heterocycles. The van der Waals surface area contributed by atoms with Crippen LogP contribution in [-0.2, 0) is 14.3 Å². The van der Waals surface area contributed by atoms with Crippen molar-refractivity contribution in [1.82, 2.24) is 14.9 Å². The third kappa shape index (κ3) is 12.5. The van der Waals surface area contributed by atoms with E-state index in [4.69, 9.17) is 15.2 Å². The first-order valence-corrected chi connectivity index (χ1v) is 12.7. The van der Waals surface area contributed by atoms with Gasteiger partial charge in [0, 0.05) is 32.3 Å². The molecule has 9 nitrogen and oxygen atoms in total. The maximum atomic E-state index is 11.2. The van der Waals surface area contributed by atoms with Crippen molar-refractivity contribution in [3.8, 4) is 24.7 Å². The fourth-order valence-corrected chi connectivity index (χ4v) is 3.95. The summed E-state index contributed by atoms with van der Waals surface area (Å²) < 4.78 is 10.4. The van der Waals surface area contributed by atoms with E-state index in [9.17, 15) is 9.59 Å². The Labute approximate surface area is 222 Å². The normalized spacial score (nSPS) is 19.0. The van der Waals surface area contributed by atoms with Crippen molar-refractivity contribution in [2.24, 2.45) is 17.6 Å². The Morgan fingerprint density at radius 2 is 1.92 bits per heavy atom. The summed E-state index contributed by atoms with van der Waals surface area (Å²) in [6, 6.07) is 0. The predicted molar refractivity (Wildman–Crippen MR) is 146 cm³/mol. The molecule has 1 saturated carbocycles. The number of aryl methyl sites for hydroxylation is 1. The maximum absolute atomic E-state index is 11.2. The number of rotatable bonds is 3. The van der Waals surface area contributed by atoms with Gasteiger partial charge in [0.15, 0.2) is 0 Å². The van der Waals surface area contributed by atoms with E-state index in [2.05, 4.69) is 46.5 Å². The van der Waals surface area contributed by atoms with Crippen LogP contribution in [0, 0.1) is 43.4 Å². The first-order chi connectivity index (χ1) is 17.4. The van der Waals surface area contributed by atoms with Crippen LogP contribution in [0.3, 0.4) is 0 Å². The van der Waals surface area contributed by atoms with Crippen LogP contribution in [0.1, 0.15) is 64.8 Å². The van der Waals surface area contributed by atoms with Gasteiger partial charge >= 0.3 is 6.09 Å². The minimum Gasteiger partial charge on any atom is -0.444 e. The predicted octanol–water partition coefficient (Wildman–Crippen LogP) is 3.39. The molecule has 9 heteroatoms.